The quantitative estimate of drug-likeness (QED) is 0.828. The predicted molar refractivity (Wildman–Crippen MR) is 83.7 cm³/mol. The van der Waals surface area contributed by atoms with Crippen molar-refractivity contribution in [1.82, 2.24) is 10.3 Å². The van der Waals surface area contributed by atoms with E-state index in [0.29, 0.717) is 11.3 Å². The minimum Gasteiger partial charge on any atom is -0.397 e. The predicted octanol–water partition coefficient (Wildman–Crippen LogP) is 3.57. The van der Waals surface area contributed by atoms with Gasteiger partial charge in [0.1, 0.15) is 5.15 Å². The topological polar surface area (TPSA) is 68.0 Å². The summed E-state index contributed by atoms with van der Waals surface area (Å²) >= 11 is 9.19. The maximum Gasteiger partial charge on any atom is 0.254 e. The Morgan fingerprint density at radius 3 is 2.90 bits per heavy atom. The molecule has 0 bridgehead atoms. The van der Waals surface area contributed by atoms with Gasteiger partial charge in [-0.3, -0.25) is 4.79 Å². The highest BCUT2D eigenvalue weighted by atomic mass is 79.9. The lowest BCUT2D eigenvalue weighted by molar-refractivity contribution is 0.0940. The van der Waals surface area contributed by atoms with E-state index in [2.05, 4.69) is 26.2 Å². The lowest BCUT2D eigenvalue weighted by Gasteiger charge is -2.15. The van der Waals surface area contributed by atoms with Crippen molar-refractivity contribution >= 4 is 39.1 Å². The first-order chi connectivity index (χ1) is 9.47. The first kappa shape index (κ1) is 14.8. The van der Waals surface area contributed by atoms with Crippen molar-refractivity contribution in [3.8, 4) is 0 Å². The number of aromatic nitrogens is 1. The van der Waals surface area contributed by atoms with Crippen molar-refractivity contribution in [1.29, 1.82) is 0 Å². The molecule has 6 heteroatoms. The molecule has 1 unspecified atom stereocenters. The summed E-state index contributed by atoms with van der Waals surface area (Å²) in [5, 5.41) is 3.12. The summed E-state index contributed by atoms with van der Waals surface area (Å²) in [6, 6.07) is 9.05. The molecule has 0 aliphatic rings. The summed E-state index contributed by atoms with van der Waals surface area (Å²) < 4.78 is 0.961. The van der Waals surface area contributed by atoms with Gasteiger partial charge >= 0.3 is 0 Å². The fraction of sp³-hybridized carbons (Fsp3) is 0.143. The summed E-state index contributed by atoms with van der Waals surface area (Å²) in [5.74, 6) is -0.278. The van der Waals surface area contributed by atoms with Crippen molar-refractivity contribution in [3.05, 3.63) is 57.3 Å². The van der Waals surface area contributed by atoms with Crippen LogP contribution in [-0.4, -0.2) is 10.9 Å². The number of nitrogens with zero attached hydrogens (tertiary/aromatic N) is 1. The van der Waals surface area contributed by atoms with Gasteiger partial charge in [-0.25, -0.2) is 4.98 Å². The molecular weight excluding hydrogens is 342 g/mol. The van der Waals surface area contributed by atoms with Gasteiger partial charge < -0.3 is 11.1 Å². The van der Waals surface area contributed by atoms with Gasteiger partial charge in [0.2, 0.25) is 0 Å². The minimum atomic E-state index is -0.278. The summed E-state index contributed by atoms with van der Waals surface area (Å²) in [6.45, 7) is 1.90. The van der Waals surface area contributed by atoms with E-state index in [1.165, 1.54) is 12.3 Å². The van der Waals surface area contributed by atoms with Crippen LogP contribution in [0.5, 0.6) is 0 Å². The highest BCUT2D eigenvalue weighted by Crippen LogP contribution is 2.20. The summed E-state index contributed by atoms with van der Waals surface area (Å²) in [7, 11) is 0. The van der Waals surface area contributed by atoms with E-state index >= 15 is 0 Å². The lowest BCUT2D eigenvalue weighted by atomic mass is 10.1. The maximum atomic E-state index is 12.2. The van der Waals surface area contributed by atoms with E-state index < -0.39 is 0 Å². The van der Waals surface area contributed by atoms with Crippen LogP contribution in [0, 0.1) is 0 Å². The standard InChI is InChI=1S/C14H13BrClN3O/c1-8(9-3-2-4-10(15)5-9)19-14(20)11-6-13(16)18-7-12(11)17/h2-8H,17H2,1H3,(H,19,20). The van der Waals surface area contributed by atoms with Crippen molar-refractivity contribution in [2.45, 2.75) is 13.0 Å². The third-order valence-electron chi connectivity index (χ3n) is 2.84. The smallest absolute Gasteiger partial charge is 0.254 e. The van der Waals surface area contributed by atoms with Gasteiger partial charge in [0.05, 0.1) is 23.5 Å². The molecule has 1 aromatic carbocycles. The van der Waals surface area contributed by atoms with Crippen LogP contribution in [0.3, 0.4) is 0 Å². The SMILES string of the molecule is CC(NC(=O)c1cc(Cl)ncc1N)c1cccc(Br)c1. The summed E-state index contributed by atoms with van der Waals surface area (Å²) in [5.41, 5.74) is 7.36. The Balaban J connectivity index is 2.17. The van der Waals surface area contributed by atoms with E-state index in [1.54, 1.807) is 0 Å². The van der Waals surface area contributed by atoms with Crippen LogP contribution in [0.25, 0.3) is 0 Å². The Kier molecular flexibility index (Phi) is 4.62. The molecule has 104 valence electrons. The third-order valence-corrected chi connectivity index (χ3v) is 3.54. The summed E-state index contributed by atoms with van der Waals surface area (Å²) in [6.07, 6.45) is 1.38. The number of hydrogen-bond donors (Lipinski definition) is 2. The lowest BCUT2D eigenvalue weighted by Crippen LogP contribution is -2.27. The number of anilines is 1. The van der Waals surface area contributed by atoms with E-state index in [0.717, 1.165) is 10.0 Å². The first-order valence-electron chi connectivity index (χ1n) is 5.94. The van der Waals surface area contributed by atoms with Crippen molar-refractivity contribution < 1.29 is 4.79 Å². The molecule has 0 saturated carbocycles. The Bertz CT molecular complexity index is 648. The molecule has 0 spiro atoms. The fourth-order valence-electron chi connectivity index (χ4n) is 1.77. The average Bonchev–Trinajstić information content (AvgIpc) is 2.41. The van der Waals surface area contributed by atoms with Gasteiger partial charge in [0.15, 0.2) is 0 Å². The molecule has 0 radical (unpaired) electrons. The molecular formula is C14H13BrClN3O. The van der Waals surface area contributed by atoms with E-state index in [4.69, 9.17) is 17.3 Å². The minimum absolute atomic E-state index is 0.147. The molecule has 0 aliphatic heterocycles. The number of pyridine rings is 1. The Hall–Kier alpha value is -1.59. The molecule has 2 aromatic rings. The zero-order valence-electron chi connectivity index (χ0n) is 10.7. The third kappa shape index (κ3) is 3.49. The summed E-state index contributed by atoms with van der Waals surface area (Å²) in [4.78, 5) is 16.0. The van der Waals surface area contributed by atoms with Gasteiger partial charge in [0.25, 0.3) is 5.91 Å². The van der Waals surface area contributed by atoms with Gasteiger partial charge in [-0.15, -0.1) is 0 Å². The molecule has 2 rings (SSSR count). The van der Waals surface area contributed by atoms with Gasteiger partial charge in [-0.1, -0.05) is 39.7 Å². The van der Waals surface area contributed by atoms with Crippen LogP contribution in [0.15, 0.2) is 41.0 Å². The second-order valence-electron chi connectivity index (χ2n) is 4.34. The van der Waals surface area contributed by atoms with Crippen LogP contribution >= 0.6 is 27.5 Å². The van der Waals surface area contributed by atoms with Crippen LogP contribution in [0.1, 0.15) is 28.9 Å². The van der Waals surface area contributed by atoms with E-state index in [1.807, 2.05) is 31.2 Å². The number of nitrogens with two attached hydrogens (primary N) is 1. The number of nitrogens with one attached hydrogen (secondary N) is 1. The van der Waals surface area contributed by atoms with Crippen LogP contribution in [0.4, 0.5) is 5.69 Å². The molecule has 1 atom stereocenters. The zero-order valence-corrected chi connectivity index (χ0v) is 13.1. The highest BCUT2D eigenvalue weighted by Gasteiger charge is 2.14. The number of amides is 1. The highest BCUT2D eigenvalue weighted by molar-refractivity contribution is 9.10. The van der Waals surface area contributed by atoms with Crippen molar-refractivity contribution in [2.75, 3.05) is 5.73 Å². The number of rotatable bonds is 3. The number of halogens is 2. The first-order valence-corrected chi connectivity index (χ1v) is 7.12. The second-order valence-corrected chi connectivity index (χ2v) is 5.65. The second kappa shape index (κ2) is 6.24. The number of hydrogen-bond acceptors (Lipinski definition) is 3. The molecule has 0 fully saturated rings. The van der Waals surface area contributed by atoms with Crippen LogP contribution in [-0.2, 0) is 0 Å². The number of nitrogen functional groups attached to an aromatic ring is 1. The van der Waals surface area contributed by atoms with Gasteiger partial charge in [0, 0.05) is 4.47 Å². The number of carbonyl (C=O) groups excluding carboxylic acids is 1. The molecule has 0 aliphatic carbocycles. The normalized spacial score (nSPS) is 11.9. The Morgan fingerprint density at radius 1 is 1.45 bits per heavy atom. The van der Waals surface area contributed by atoms with Gasteiger partial charge in [-0.2, -0.15) is 0 Å². The largest absolute Gasteiger partial charge is 0.397 e. The molecule has 3 N–H and O–H groups in total. The monoisotopic (exact) mass is 353 g/mol. The zero-order chi connectivity index (χ0) is 14.7. The molecule has 1 amide bonds. The van der Waals surface area contributed by atoms with Crippen LogP contribution < -0.4 is 11.1 Å². The van der Waals surface area contributed by atoms with Crippen molar-refractivity contribution in [3.63, 3.8) is 0 Å². The molecule has 0 saturated heterocycles. The number of carbonyl (C=O) groups is 1. The fourth-order valence-corrected chi connectivity index (χ4v) is 2.35. The Labute approximate surface area is 130 Å². The molecule has 4 nitrogen and oxygen atoms in total. The Morgan fingerprint density at radius 2 is 2.20 bits per heavy atom. The average molecular weight is 355 g/mol. The van der Waals surface area contributed by atoms with Crippen LogP contribution in [0.2, 0.25) is 5.15 Å². The van der Waals surface area contributed by atoms with E-state index in [9.17, 15) is 4.79 Å². The van der Waals surface area contributed by atoms with E-state index in [-0.39, 0.29) is 17.1 Å². The van der Waals surface area contributed by atoms with Crippen molar-refractivity contribution in [2.24, 2.45) is 0 Å². The number of benzene rings is 1. The maximum absolute atomic E-state index is 12.2. The molecule has 20 heavy (non-hydrogen) atoms. The molecule has 1 aromatic heterocycles. The van der Waals surface area contributed by atoms with Gasteiger partial charge in [-0.05, 0) is 30.7 Å². The molecule has 1 heterocycles.